The molecule has 2 amide bonds. The molecule has 0 bridgehead atoms. The van der Waals surface area contributed by atoms with Gasteiger partial charge in [0.05, 0.1) is 12.6 Å². The highest BCUT2D eigenvalue weighted by Gasteiger charge is 2.21. The molecule has 0 radical (unpaired) electrons. The standard InChI is InChI=1S/C13H23N5O2S/c1-5-9(12(14)20)18(4)7-10(19)15-13-17-16-11(21-13)6-8(2)3/h8-9H,5-7H2,1-4H3,(H2,14,20)(H,15,17,19). The third-order valence-electron chi connectivity index (χ3n) is 2.94. The molecule has 3 N–H and O–H groups in total. The summed E-state index contributed by atoms with van der Waals surface area (Å²) in [6.07, 6.45) is 1.41. The molecule has 0 aliphatic carbocycles. The monoisotopic (exact) mass is 313 g/mol. The number of nitrogens with one attached hydrogen (secondary N) is 1. The highest BCUT2D eigenvalue weighted by atomic mass is 32.1. The zero-order chi connectivity index (χ0) is 16.0. The summed E-state index contributed by atoms with van der Waals surface area (Å²) >= 11 is 1.37. The van der Waals surface area contributed by atoms with Crippen molar-refractivity contribution in [1.29, 1.82) is 0 Å². The average molecular weight is 313 g/mol. The number of nitrogens with zero attached hydrogens (tertiary/aromatic N) is 3. The van der Waals surface area contributed by atoms with Crippen LogP contribution < -0.4 is 11.1 Å². The molecule has 0 saturated carbocycles. The smallest absolute Gasteiger partial charge is 0.240 e. The Morgan fingerprint density at radius 3 is 2.57 bits per heavy atom. The van der Waals surface area contributed by atoms with Gasteiger partial charge in [-0.05, 0) is 19.4 Å². The second-order valence-corrected chi connectivity index (χ2v) is 6.45. The summed E-state index contributed by atoms with van der Waals surface area (Å²) in [6.45, 7) is 6.14. The molecular weight excluding hydrogens is 290 g/mol. The van der Waals surface area contributed by atoms with Crippen LogP contribution in [0.2, 0.25) is 0 Å². The largest absolute Gasteiger partial charge is 0.368 e. The van der Waals surface area contributed by atoms with Crippen LogP contribution in [-0.4, -0.2) is 46.5 Å². The van der Waals surface area contributed by atoms with E-state index in [1.54, 1.807) is 11.9 Å². The minimum atomic E-state index is -0.443. The molecule has 0 aliphatic heterocycles. The molecule has 7 nitrogen and oxygen atoms in total. The van der Waals surface area contributed by atoms with Crippen molar-refractivity contribution in [3.8, 4) is 0 Å². The van der Waals surface area contributed by atoms with Gasteiger partial charge in [-0.1, -0.05) is 32.1 Å². The summed E-state index contributed by atoms with van der Waals surface area (Å²) in [6, 6.07) is -0.443. The first-order chi connectivity index (χ1) is 9.83. The van der Waals surface area contributed by atoms with E-state index in [0.29, 0.717) is 17.5 Å². The molecule has 1 heterocycles. The predicted octanol–water partition coefficient (Wildman–Crippen LogP) is 0.871. The van der Waals surface area contributed by atoms with Crippen LogP contribution in [0.5, 0.6) is 0 Å². The Morgan fingerprint density at radius 1 is 1.38 bits per heavy atom. The average Bonchev–Trinajstić information content (AvgIpc) is 2.75. The van der Waals surface area contributed by atoms with Crippen molar-refractivity contribution < 1.29 is 9.59 Å². The highest BCUT2D eigenvalue weighted by Crippen LogP contribution is 2.18. The summed E-state index contributed by atoms with van der Waals surface area (Å²) in [4.78, 5) is 24.8. The van der Waals surface area contributed by atoms with Crippen LogP contribution in [0.4, 0.5) is 5.13 Å². The van der Waals surface area contributed by atoms with Gasteiger partial charge >= 0.3 is 0 Å². The molecule has 1 unspecified atom stereocenters. The van der Waals surface area contributed by atoms with Crippen molar-refractivity contribution in [1.82, 2.24) is 15.1 Å². The number of anilines is 1. The molecule has 118 valence electrons. The Morgan fingerprint density at radius 2 is 2.05 bits per heavy atom. The van der Waals surface area contributed by atoms with Gasteiger partial charge in [0.25, 0.3) is 0 Å². The summed E-state index contributed by atoms with van der Waals surface area (Å²) in [7, 11) is 1.70. The Balaban J connectivity index is 2.53. The Kier molecular flexibility index (Phi) is 6.70. The van der Waals surface area contributed by atoms with Crippen molar-refractivity contribution >= 4 is 28.3 Å². The molecule has 0 aliphatic rings. The van der Waals surface area contributed by atoms with Crippen molar-refractivity contribution in [3.05, 3.63) is 5.01 Å². The first-order valence-corrected chi connectivity index (χ1v) is 7.76. The second kappa shape index (κ2) is 8.04. The highest BCUT2D eigenvalue weighted by molar-refractivity contribution is 7.15. The van der Waals surface area contributed by atoms with Gasteiger partial charge in [0, 0.05) is 6.42 Å². The molecule has 1 rings (SSSR count). The molecule has 1 atom stereocenters. The van der Waals surface area contributed by atoms with Crippen molar-refractivity contribution in [2.75, 3.05) is 18.9 Å². The number of hydrogen-bond donors (Lipinski definition) is 2. The van der Waals surface area contributed by atoms with E-state index >= 15 is 0 Å². The van der Waals surface area contributed by atoms with Crippen LogP contribution in [0.25, 0.3) is 0 Å². The minimum Gasteiger partial charge on any atom is -0.368 e. The minimum absolute atomic E-state index is 0.0839. The number of aromatic nitrogens is 2. The lowest BCUT2D eigenvalue weighted by Gasteiger charge is -2.23. The van der Waals surface area contributed by atoms with E-state index < -0.39 is 11.9 Å². The van der Waals surface area contributed by atoms with Crippen LogP contribution >= 0.6 is 11.3 Å². The van der Waals surface area contributed by atoms with Crippen LogP contribution in [0, 0.1) is 5.92 Å². The maximum absolute atomic E-state index is 11.9. The van der Waals surface area contributed by atoms with Crippen LogP contribution in [0.1, 0.15) is 32.2 Å². The van der Waals surface area contributed by atoms with Crippen molar-refractivity contribution in [2.45, 2.75) is 39.7 Å². The van der Waals surface area contributed by atoms with E-state index in [9.17, 15) is 9.59 Å². The number of likely N-dealkylation sites (N-methyl/N-ethyl adjacent to an activating group) is 1. The quantitative estimate of drug-likeness (QED) is 0.741. The number of nitrogens with two attached hydrogens (primary N) is 1. The first-order valence-electron chi connectivity index (χ1n) is 6.95. The maximum Gasteiger partial charge on any atom is 0.240 e. The molecule has 0 aromatic carbocycles. The van der Waals surface area contributed by atoms with Crippen LogP contribution in [-0.2, 0) is 16.0 Å². The predicted molar refractivity (Wildman–Crippen MR) is 83.0 cm³/mol. The number of primary amides is 1. The normalized spacial score (nSPS) is 12.7. The Hall–Kier alpha value is -1.54. The lowest BCUT2D eigenvalue weighted by Crippen LogP contribution is -2.45. The van der Waals surface area contributed by atoms with Gasteiger partial charge in [0.15, 0.2) is 0 Å². The number of rotatable bonds is 8. The fourth-order valence-corrected chi connectivity index (χ4v) is 2.93. The SMILES string of the molecule is CCC(C(N)=O)N(C)CC(=O)Nc1nnc(CC(C)C)s1. The third kappa shape index (κ3) is 5.76. The van der Waals surface area contributed by atoms with Gasteiger partial charge in [0.2, 0.25) is 16.9 Å². The zero-order valence-electron chi connectivity index (χ0n) is 12.9. The van der Waals surface area contributed by atoms with Crippen LogP contribution in [0.3, 0.4) is 0 Å². The Bertz CT molecular complexity index is 489. The fourth-order valence-electron chi connectivity index (χ4n) is 1.96. The number of carbonyl (C=O) groups excluding carboxylic acids is 2. The lowest BCUT2D eigenvalue weighted by molar-refractivity contribution is -0.124. The summed E-state index contributed by atoms with van der Waals surface area (Å²) < 4.78 is 0. The van der Waals surface area contributed by atoms with Gasteiger partial charge in [-0.25, -0.2) is 0 Å². The van der Waals surface area contributed by atoms with E-state index in [2.05, 4.69) is 29.4 Å². The number of amides is 2. The Labute approximate surface area is 128 Å². The number of hydrogen-bond acceptors (Lipinski definition) is 6. The molecule has 0 saturated heterocycles. The van der Waals surface area contributed by atoms with Gasteiger partial charge in [-0.2, -0.15) is 0 Å². The molecule has 0 spiro atoms. The molecule has 1 aromatic heterocycles. The van der Waals surface area contributed by atoms with Gasteiger partial charge in [-0.3, -0.25) is 19.8 Å². The van der Waals surface area contributed by atoms with Crippen LogP contribution in [0.15, 0.2) is 0 Å². The lowest BCUT2D eigenvalue weighted by atomic mass is 10.1. The van der Waals surface area contributed by atoms with Crippen molar-refractivity contribution in [3.63, 3.8) is 0 Å². The maximum atomic E-state index is 11.9. The molecule has 21 heavy (non-hydrogen) atoms. The zero-order valence-corrected chi connectivity index (χ0v) is 13.7. The summed E-state index contributed by atoms with van der Waals surface area (Å²) in [5, 5.41) is 12.1. The van der Waals surface area contributed by atoms with E-state index in [-0.39, 0.29) is 12.5 Å². The van der Waals surface area contributed by atoms with E-state index in [0.717, 1.165) is 11.4 Å². The van der Waals surface area contributed by atoms with Gasteiger partial charge in [-0.15, -0.1) is 10.2 Å². The molecule has 1 aromatic rings. The third-order valence-corrected chi connectivity index (χ3v) is 3.80. The summed E-state index contributed by atoms with van der Waals surface area (Å²) in [5.74, 6) is -0.166. The van der Waals surface area contributed by atoms with Crippen molar-refractivity contribution in [2.24, 2.45) is 11.7 Å². The fraction of sp³-hybridized carbons (Fsp3) is 0.692. The van der Waals surface area contributed by atoms with E-state index in [4.69, 9.17) is 5.73 Å². The molecular formula is C13H23N5O2S. The summed E-state index contributed by atoms with van der Waals surface area (Å²) in [5.41, 5.74) is 5.29. The first kappa shape index (κ1) is 17.5. The van der Waals surface area contributed by atoms with Gasteiger partial charge in [0.1, 0.15) is 5.01 Å². The molecule has 8 heteroatoms. The van der Waals surface area contributed by atoms with E-state index in [1.807, 2.05) is 6.92 Å². The van der Waals surface area contributed by atoms with E-state index in [1.165, 1.54) is 11.3 Å². The number of carbonyl (C=O) groups is 2. The molecule has 0 fully saturated rings. The second-order valence-electron chi connectivity index (χ2n) is 5.39. The van der Waals surface area contributed by atoms with Gasteiger partial charge < -0.3 is 5.73 Å². The topological polar surface area (TPSA) is 101 Å².